The summed E-state index contributed by atoms with van der Waals surface area (Å²) < 4.78 is 7.04. The third kappa shape index (κ3) is 2.53. The van der Waals surface area contributed by atoms with E-state index in [-0.39, 0.29) is 11.7 Å². The Kier molecular flexibility index (Phi) is 3.51. The summed E-state index contributed by atoms with van der Waals surface area (Å²) in [5.41, 5.74) is 1.95. The number of ether oxygens (including phenoxy) is 1. The van der Waals surface area contributed by atoms with Crippen LogP contribution in [0.4, 0.5) is 5.82 Å². The van der Waals surface area contributed by atoms with Crippen molar-refractivity contribution in [2.75, 3.05) is 0 Å². The van der Waals surface area contributed by atoms with Gasteiger partial charge < -0.3 is 14.9 Å². The van der Waals surface area contributed by atoms with Crippen molar-refractivity contribution in [1.82, 2.24) is 14.4 Å². The molecular weight excluding hydrogens is 348 g/mol. The lowest BCUT2D eigenvalue weighted by Gasteiger charge is -2.03. The van der Waals surface area contributed by atoms with Gasteiger partial charge in [0.15, 0.2) is 0 Å². The molecule has 24 heavy (non-hydrogen) atoms. The zero-order valence-electron chi connectivity index (χ0n) is 12.4. The van der Waals surface area contributed by atoms with Gasteiger partial charge in [-0.3, -0.25) is 0 Å². The number of aromatic nitrogens is 3. The second kappa shape index (κ2) is 5.69. The fourth-order valence-electron chi connectivity index (χ4n) is 2.25. The second-order valence-corrected chi connectivity index (χ2v) is 6.70. The molecule has 0 saturated heterocycles. The first kappa shape index (κ1) is 14.8. The number of rotatable bonds is 4. The van der Waals surface area contributed by atoms with Crippen LogP contribution in [-0.4, -0.2) is 19.3 Å². The maximum atomic E-state index is 11.3. The summed E-state index contributed by atoms with van der Waals surface area (Å²) in [6, 6.07) is 7.25. The fourth-order valence-corrected chi connectivity index (χ4v) is 3.76. The number of nitro groups is 1. The lowest BCUT2D eigenvalue weighted by molar-refractivity contribution is -0.391. The zero-order chi connectivity index (χ0) is 16.7. The molecule has 7 nitrogen and oxygen atoms in total. The number of thiazole rings is 2. The molecule has 3 heterocycles. The molecule has 4 rings (SSSR count). The summed E-state index contributed by atoms with van der Waals surface area (Å²) >= 11 is 2.88. The van der Waals surface area contributed by atoms with E-state index in [2.05, 4.69) is 9.97 Å². The molecule has 0 N–H and O–H groups in total. The van der Waals surface area contributed by atoms with E-state index in [9.17, 15) is 10.1 Å². The Balaban J connectivity index is 1.65. The van der Waals surface area contributed by atoms with Crippen LogP contribution in [0.15, 0.2) is 41.2 Å². The Hall–Kier alpha value is -2.78. The molecule has 0 saturated carbocycles. The van der Waals surface area contributed by atoms with Crippen LogP contribution in [0.3, 0.4) is 0 Å². The first-order valence-corrected chi connectivity index (χ1v) is 8.68. The predicted octanol–water partition coefficient (Wildman–Crippen LogP) is 4.53. The van der Waals surface area contributed by atoms with Crippen molar-refractivity contribution < 1.29 is 9.66 Å². The topological polar surface area (TPSA) is 82.6 Å². The van der Waals surface area contributed by atoms with Crippen LogP contribution in [0.5, 0.6) is 11.6 Å². The quantitative estimate of drug-likeness (QED) is 0.395. The Morgan fingerprint density at radius 1 is 1.21 bits per heavy atom. The Labute approximate surface area is 144 Å². The molecule has 0 unspecified atom stereocenters. The molecule has 0 amide bonds. The average Bonchev–Trinajstić information content (AvgIpc) is 3.23. The molecular formula is C15H10N4O3S2. The van der Waals surface area contributed by atoms with E-state index in [1.807, 2.05) is 24.4 Å². The van der Waals surface area contributed by atoms with Gasteiger partial charge in [-0.2, -0.15) is 9.38 Å². The maximum Gasteiger partial charge on any atom is 0.393 e. The molecule has 0 bridgehead atoms. The lowest BCUT2D eigenvalue weighted by atomic mass is 10.2. The first-order valence-electron chi connectivity index (χ1n) is 6.92. The van der Waals surface area contributed by atoms with Crippen LogP contribution in [0.2, 0.25) is 0 Å². The fraction of sp³-hybridized carbons (Fsp3) is 0.0667. The minimum absolute atomic E-state index is 0.00954. The van der Waals surface area contributed by atoms with E-state index in [4.69, 9.17) is 4.74 Å². The van der Waals surface area contributed by atoms with Crippen molar-refractivity contribution in [1.29, 1.82) is 0 Å². The minimum Gasteiger partial charge on any atom is -0.433 e. The van der Waals surface area contributed by atoms with Crippen LogP contribution in [0, 0.1) is 17.0 Å². The van der Waals surface area contributed by atoms with Crippen molar-refractivity contribution in [3.05, 3.63) is 57.0 Å². The summed E-state index contributed by atoms with van der Waals surface area (Å²) in [6.07, 6.45) is 1.60. The smallest absolute Gasteiger partial charge is 0.393 e. The zero-order valence-corrected chi connectivity index (χ0v) is 14.0. The van der Waals surface area contributed by atoms with Gasteiger partial charge >= 0.3 is 11.7 Å². The summed E-state index contributed by atoms with van der Waals surface area (Å²) in [5, 5.41) is 15.9. The number of hydrogen-bond acceptors (Lipinski definition) is 7. The van der Waals surface area contributed by atoms with Crippen molar-refractivity contribution in [3.8, 4) is 22.2 Å². The van der Waals surface area contributed by atoms with Crippen molar-refractivity contribution in [2.24, 2.45) is 0 Å². The van der Waals surface area contributed by atoms with Crippen LogP contribution in [-0.2, 0) is 0 Å². The maximum absolute atomic E-state index is 11.3. The molecule has 0 aliphatic rings. The lowest BCUT2D eigenvalue weighted by Crippen LogP contribution is -1.95. The van der Waals surface area contributed by atoms with Crippen molar-refractivity contribution in [3.63, 3.8) is 0 Å². The van der Waals surface area contributed by atoms with Crippen LogP contribution in [0.1, 0.15) is 5.69 Å². The Bertz CT molecular complexity index is 1030. The van der Waals surface area contributed by atoms with E-state index in [1.165, 1.54) is 15.7 Å². The molecule has 3 aromatic heterocycles. The van der Waals surface area contributed by atoms with Gasteiger partial charge in [0.2, 0.25) is 0 Å². The molecule has 9 heteroatoms. The van der Waals surface area contributed by atoms with Crippen molar-refractivity contribution in [2.45, 2.75) is 6.92 Å². The standard InChI is InChI=1S/C15H10N4O3S2/c1-9-8-24-13(16-9)10-2-4-11(5-3-10)22-12-14(19(20)21)18-6-7-23-15(18)17-12/h2-8H,1H3. The van der Waals surface area contributed by atoms with Gasteiger partial charge in [0.05, 0.1) is 0 Å². The number of hydrogen-bond donors (Lipinski definition) is 0. The number of aryl methyl sites for hydroxylation is 1. The number of fused-ring (bicyclic) bond motifs is 1. The number of benzene rings is 1. The van der Waals surface area contributed by atoms with Crippen LogP contribution in [0.25, 0.3) is 15.5 Å². The van der Waals surface area contributed by atoms with Gasteiger partial charge in [0.1, 0.15) is 17.0 Å². The number of imidazole rings is 1. The van der Waals surface area contributed by atoms with Crippen LogP contribution < -0.4 is 4.74 Å². The van der Waals surface area contributed by atoms with Gasteiger partial charge in [-0.25, -0.2) is 4.98 Å². The SMILES string of the molecule is Cc1csc(-c2ccc(Oc3nc4sccn4c3[N+](=O)[O-])cc2)n1. The molecule has 0 radical (unpaired) electrons. The first-order chi connectivity index (χ1) is 11.6. The third-order valence-corrected chi connectivity index (χ3v) is 5.08. The van der Waals surface area contributed by atoms with E-state index in [1.54, 1.807) is 35.0 Å². The highest BCUT2D eigenvalue weighted by atomic mass is 32.1. The number of nitrogens with zero attached hydrogens (tertiary/aromatic N) is 4. The monoisotopic (exact) mass is 358 g/mol. The Morgan fingerprint density at radius 2 is 2.00 bits per heavy atom. The molecule has 0 aliphatic heterocycles. The summed E-state index contributed by atoms with van der Waals surface area (Å²) in [6.45, 7) is 1.95. The highest BCUT2D eigenvalue weighted by Gasteiger charge is 2.25. The highest BCUT2D eigenvalue weighted by molar-refractivity contribution is 7.15. The van der Waals surface area contributed by atoms with E-state index >= 15 is 0 Å². The largest absolute Gasteiger partial charge is 0.433 e. The normalized spacial score (nSPS) is 11.0. The van der Waals surface area contributed by atoms with Gasteiger partial charge in [0.25, 0.3) is 4.96 Å². The average molecular weight is 358 g/mol. The highest BCUT2D eigenvalue weighted by Crippen LogP contribution is 2.34. The molecule has 0 fully saturated rings. The van der Waals surface area contributed by atoms with Crippen LogP contribution >= 0.6 is 22.7 Å². The van der Waals surface area contributed by atoms with E-state index in [0.29, 0.717) is 10.7 Å². The second-order valence-electron chi connectivity index (χ2n) is 4.97. The summed E-state index contributed by atoms with van der Waals surface area (Å²) in [4.78, 5) is 19.9. The molecule has 0 aliphatic carbocycles. The molecule has 0 spiro atoms. The van der Waals surface area contributed by atoms with Gasteiger partial charge in [-0.05, 0) is 36.1 Å². The molecule has 4 aromatic rings. The van der Waals surface area contributed by atoms with Gasteiger partial charge in [-0.1, -0.05) is 11.3 Å². The predicted molar refractivity (Wildman–Crippen MR) is 92.1 cm³/mol. The molecule has 0 atom stereocenters. The minimum atomic E-state index is -0.491. The van der Waals surface area contributed by atoms with Crippen molar-refractivity contribution >= 4 is 33.5 Å². The molecule has 120 valence electrons. The Morgan fingerprint density at radius 3 is 2.67 bits per heavy atom. The van der Waals surface area contributed by atoms with E-state index in [0.717, 1.165) is 16.3 Å². The van der Waals surface area contributed by atoms with E-state index < -0.39 is 4.92 Å². The summed E-state index contributed by atoms with van der Waals surface area (Å²) in [7, 11) is 0. The van der Waals surface area contributed by atoms with Gasteiger partial charge in [-0.15, -0.1) is 11.3 Å². The third-order valence-electron chi connectivity index (χ3n) is 3.31. The molecule has 1 aromatic carbocycles. The van der Waals surface area contributed by atoms with Gasteiger partial charge in [0, 0.05) is 22.0 Å². The summed E-state index contributed by atoms with van der Waals surface area (Å²) in [5.74, 6) is 0.302.